The minimum atomic E-state index is -0.603. The van der Waals surface area contributed by atoms with Crippen molar-refractivity contribution < 1.29 is 9.77 Å². The van der Waals surface area contributed by atoms with E-state index < -0.39 is 4.92 Å². The highest BCUT2D eigenvalue weighted by atomic mass is 35.5. The Morgan fingerprint density at radius 2 is 2.20 bits per heavy atom. The molecular formula is C7H3ClN4O3. The molecule has 2 rings (SSSR count). The molecule has 0 saturated carbocycles. The van der Waals surface area contributed by atoms with Crippen molar-refractivity contribution in [3.63, 3.8) is 0 Å². The predicted molar refractivity (Wildman–Crippen MR) is 50.2 cm³/mol. The molecule has 0 radical (unpaired) electrons. The van der Waals surface area contributed by atoms with Crippen molar-refractivity contribution in [1.82, 2.24) is 10.1 Å². The van der Waals surface area contributed by atoms with Crippen LogP contribution >= 0.6 is 11.6 Å². The molecule has 0 aliphatic carbocycles. The third-order valence-corrected chi connectivity index (χ3v) is 1.92. The first-order chi connectivity index (χ1) is 7.08. The molecule has 1 aromatic heterocycles. The molecule has 1 heterocycles. The number of non-ortho nitro benzene ring substituents is 1. The molecule has 2 aromatic rings. The number of benzene rings is 1. The van der Waals surface area contributed by atoms with Crippen molar-refractivity contribution >= 4 is 28.3 Å². The Morgan fingerprint density at radius 1 is 1.47 bits per heavy atom. The van der Waals surface area contributed by atoms with Gasteiger partial charge < -0.3 is 5.21 Å². The number of rotatable bonds is 1. The average molecular weight is 227 g/mol. The van der Waals surface area contributed by atoms with Crippen LogP contribution in [0.5, 0.6) is 0 Å². The van der Waals surface area contributed by atoms with E-state index in [4.69, 9.17) is 11.6 Å². The zero-order valence-electron chi connectivity index (χ0n) is 7.12. The third-order valence-electron chi connectivity index (χ3n) is 1.76. The van der Waals surface area contributed by atoms with E-state index in [-0.39, 0.29) is 26.8 Å². The maximum absolute atomic E-state index is 11.2. The van der Waals surface area contributed by atoms with E-state index in [1.54, 1.807) is 0 Å². The van der Waals surface area contributed by atoms with Gasteiger partial charge in [-0.2, -0.15) is 0 Å². The zero-order valence-corrected chi connectivity index (χ0v) is 7.88. The quantitative estimate of drug-likeness (QED) is 0.310. The molecule has 8 heteroatoms. The summed E-state index contributed by atoms with van der Waals surface area (Å²) in [5.41, 5.74) is 0.0715. The standard InChI is InChI=1S/C7H3ClN4O3/c8-7-9-5-2-1-4(12(14)15)3-6(5)11(13)10-7/h1-3H. The maximum Gasteiger partial charge on any atom is 0.290 e. The van der Waals surface area contributed by atoms with Crippen LogP contribution in [-0.4, -0.2) is 15.0 Å². The molecule has 7 nitrogen and oxygen atoms in total. The van der Waals surface area contributed by atoms with Crippen LogP contribution in [0, 0.1) is 15.3 Å². The van der Waals surface area contributed by atoms with Crippen molar-refractivity contribution in [3.05, 3.63) is 38.8 Å². The molecule has 0 aliphatic heterocycles. The average Bonchev–Trinajstić information content (AvgIpc) is 2.16. The highest BCUT2D eigenvalue weighted by molar-refractivity contribution is 6.28. The van der Waals surface area contributed by atoms with E-state index in [0.29, 0.717) is 0 Å². The van der Waals surface area contributed by atoms with Gasteiger partial charge in [0.15, 0.2) is 0 Å². The number of nitrogens with zero attached hydrogens (tertiary/aromatic N) is 4. The van der Waals surface area contributed by atoms with E-state index in [1.165, 1.54) is 12.1 Å². The second-order valence-electron chi connectivity index (χ2n) is 2.68. The van der Waals surface area contributed by atoms with Gasteiger partial charge in [-0.05, 0) is 22.5 Å². The van der Waals surface area contributed by atoms with Crippen LogP contribution in [0.25, 0.3) is 11.0 Å². The summed E-state index contributed by atoms with van der Waals surface area (Å²) >= 11 is 5.45. The monoisotopic (exact) mass is 226 g/mol. The number of nitro benzene ring substituents is 1. The van der Waals surface area contributed by atoms with Crippen LogP contribution in [0.4, 0.5) is 5.69 Å². The molecule has 0 bridgehead atoms. The minimum absolute atomic E-state index is 0.00796. The zero-order chi connectivity index (χ0) is 11.0. The van der Waals surface area contributed by atoms with Crippen LogP contribution in [0.15, 0.2) is 18.2 Å². The van der Waals surface area contributed by atoms with Crippen molar-refractivity contribution in [2.75, 3.05) is 0 Å². The minimum Gasteiger partial charge on any atom is -0.594 e. The molecule has 76 valence electrons. The van der Waals surface area contributed by atoms with E-state index in [2.05, 4.69) is 10.1 Å². The maximum atomic E-state index is 11.2. The molecule has 15 heavy (non-hydrogen) atoms. The SMILES string of the molecule is O=[N+]([O-])c1ccc2nc(Cl)n[n+]([O-])c2c1. The number of aromatic nitrogens is 3. The van der Waals surface area contributed by atoms with Gasteiger partial charge in [-0.15, -0.1) is 0 Å². The second kappa shape index (κ2) is 3.28. The normalized spacial score (nSPS) is 10.5. The third kappa shape index (κ3) is 1.64. The first-order valence-electron chi connectivity index (χ1n) is 3.79. The van der Waals surface area contributed by atoms with Crippen LogP contribution in [-0.2, 0) is 0 Å². The van der Waals surface area contributed by atoms with Crippen LogP contribution in [0.3, 0.4) is 0 Å². The van der Waals surface area contributed by atoms with Crippen LogP contribution in [0.2, 0.25) is 5.28 Å². The lowest BCUT2D eigenvalue weighted by atomic mass is 10.3. The predicted octanol–water partition coefficient (Wildman–Crippen LogP) is 0.825. The van der Waals surface area contributed by atoms with Gasteiger partial charge >= 0.3 is 0 Å². The fraction of sp³-hybridized carbons (Fsp3) is 0. The lowest BCUT2D eigenvalue weighted by Crippen LogP contribution is -2.32. The van der Waals surface area contributed by atoms with Gasteiger partial charge in [0.05, 0.1) is 11.0 Å². The number of fused-ring (bicyclic) bond motifs is 1. The van der Waals surface area contributed by atoms with Crippen molar-refractivity contribution in [1.29, 1.82) is 0 Å². The number of nitro groups is 1. The van der Waals surface area contributed by atoms with Gasteiger partial charge in [-0.1, -0.05) is 0 Å². The smallest absolute Gasteiger partial charge is 0.290 e. The molecule has 0 atom stereocenters. The second-order valence-corrected chi connectivity index (χ2v) is 3.02. The van der Waals surface area contributed by atoms with E-state index in [0.717, 1.165) is 6.07 Å². The summed E-state index contributed by atoms with van der Waals surface area (Å²) in [5, 5.41) is 24.8. The Hall–Kier alpha value is -2.02. The molecule has 0 unspecified atom stereocenters. The first kappa shape index (κ1) is 9.53. The van der Waals surface area contributed by atoms with Crippen molar-refractivity contribution in [2.24, 2.45) is 0 Å². The summed E-state index contributed by atoms with van der Waals surface area (Å²) in [6, 6.07) is 3.68. The fourth-order valence-corrected chi connectivity index (χ4v) is 1.28. The molecule has 0 saturated heterocycles. The molecular weight excluding hydrogens is 224 g/mol. The summed E-state index contributed by atoms with van der Waals surface area (Å²) in [6.45, 7) is 0. The Morgan fingerprint density at radius 3 is 2.87 bits per heavy atom. The van der Waals surface area contributed by atoms with Gasteiger partial charge in [0.1, 0.15) is 5.52 Å². The first-order valence-corrected chi connectivity index (χ1v) is 4.17. The van der Waals surface area contributed by atoms with Gasteiger partial charge in [0.2, 0.25) is 0 Å². The summed E-state index contributed by atoms with van der Waals surface area (Å²) in [5.74, 6) is 0. The summed E-state index contributed by atoms with van der Waals surface area (Å²) in [6.07, 6.45) is 0. The van der Waals surface area contributed by atoms with Gasteiger partial charge in [0.25, 0.3) is 16.5 Å². The van der Waals surface area contributed by atoms with Crippen LogP contribution < -0.4 is 4.85 Å². The molecule has 1 aromatic carbocycles. The summed E-state index contributed by atoms with van der Waals surface area (Å²) in [7, 11) is 0. The fourth-order valence-electron chi connectivity index (χ4n) is 1.12. The number of hydrogen-bond donors (Lipinski definition) is 0. The summed E-state index contributed by atoms with van der Waals surface area (Å²) < 4.78 is 0. The Kier molecular flexibility index (Phi) is 2.09. The topological polar surface area (TPSA) is 95.9 Å². The number of hydrogen-bond acceptors (Lipinski definition) is 5. The number of halogens is 1. The lowest BCUT2D eigenvalue weighted by Gasteiger charge is -1.98. The highest BCUT2D eigenvalue weighted by Gasteiger charge is 2.14. The molecule has 0 N–H and O–H groups in total. The molecule has 0 spiro atoms. The van der Waals surface area contributed by atoms with E-state index in [9.17, 15) is 15.3 Å². The van der Waals surface area contributed by atoms with Gasteiger partial charge in [-0.3, -0.25) is 10.1 Å². The van der Waals surface area contributed by atoms with Crippen molar-refractivity contribution in [2.45, 2.75) is 0 Å². The lowest BCUT2D eigenvalue weighted by molar-refractivity contribution is -0.643. The van der Waals surface area contributed by atoms with Crippen molar-refractivity contribution in [3.8, 4) is 0 Å². The van der Waals surface area contributed by atoms with Gasteiger partial charge in [0, 0.05) is 11.2 Å². The highest BCUT2D eigenvalue weighted by Crippen LogP contribution is 2.16. The Labute approximate surface area is 87.7 Å². The Balaban J connectivity index is 2.76. The Bertz CT molecular complexity index is 559. The molecule has 0 fully saturated rings. The summed E-state index contributed by atoms with van der Waals surface area (Å²) in [4.78, 5) is 13.8. The molecule has 0 aliphatic rings. The largest absolute Gasteiger partial charge is 0.594 e. The van der Waals surface area contributed by atoms with E-state index in [1.807, 2.05) is 0 Å². The van der Waals surface area contributed by atoms with E-state index >= 15 is 0 Å². The van der Waals surface area contributed by atoms with Gasteiger partial charge in [-0.25, -0.2) is 4.98 Å². The van der Waals surface area contributed by atoms with Crippen LogP contribution in [0.1, 0.15) is 0 Å². The molecule has 0 amide bonds.